The van der Waals surface area contributed by atoms with Gasteiger partial charge in [0.1, 0.15) is 0 Å². The minimum Gasteiger partial charge on any atom is -0.478 e. The van der Waals surface area contributed by atoms with Crippen molar-refractivity contribution in [2.45, 2.75) is 4.90 Å². The molecule has 38 heavy (non-hydrogen) atoms. The molecule has 1 aromatic heterocycles. The summed E-state index contributed by atoms with van der Waals surface area (Å²) in [5, 5.41) is 19.6. The molecule has 2 amide bonds. The molecule has 188 valence electrons. The van der Waals surface area contributed by atoms with Gasteiger partial charge in [-0.1, -0.05) is 48.5 Å². The van der Waals surface area contributed by atoms with Gasteiger partial charge in [0.05, 0.1) is 22.6 Å². The Kier molecular flexibility index (Phi) is 7.48. The zero-order valence-corrected chi connectivity index (χ0v) is 21.5. The van der Waals surface area contributed by atoms with E-state index in [0.29, 0.717) is 10.8 Å². The van der Waals surface area contributed by atoms with Crippen LogP contribution in [0.2, 0.25) is 0 Å². The predicted octanol–water partition coefficient (Wildman–Crippen LogP) is 6.64. The molecular weight excluding hydrogens is 518 g/mol. The minimum atomic E-state index is -1.16. The van der Waals surface area contributed by atoms with Crippen LogP contribution >= 0.6 is 23.1 Å². The van der Waals surface area contributed by atoms with Gasteiger partial charge in [0.25, 0.3) is 5.91 Å². The van der Waals surface area contributed by atoms with E-state index in [1.165, 1.54) is 35.2 Å². The maximum absolute atomic E-state index is 12.5. The number of thiazole rings is 1. The monoisotopic (exact) mass is 539 g/mol. The summed E-state index contributed by atoms with van der Waals surface area (Å²) in [6.45, 7) is 0. The molecule has 7 nitrogen and oxygen atoms in total. The summed E-state index contributed by atoms with van der Waals surface area (Å²) in [5.74, 6) is -1.64. The van der Waals surface area contributed by atoms with Crippen LogP contribution < -0.4 is 10.6 Å². The third-order valence-electron chi connectivity index (χ3n) is 5.68. The van der Waals surface area contributed by atoms with Crippen LogP contribution in [-0.2, 0) is 4.79 Å². The van der Waals surface area contributed by atoms with E-state index < -0.39 is 11.9 Å². The van der Waals surface area contributed by atoms with Crippen LogP contribution in [0.15, 0.2) is 101 Å². The van der Waals surface area contributed by atoms with Crippen molar-refractivity contribution >= 4 is 62.5 Å². The van der Waals surface area contributed by atoms with Gasteiger partial charge in [-0.3, -0.25) is 9.59 Å². The highest BCUT2D eigenvalue weighted by molar-refractivity contribution is 8.00. The highest BCUT2D eigenvalue weighted by Gasteiger charge is 2.16. The molecule has 0 saturated heterocycles. The Morgan fingerprint density at radius 2 is 1.53 bits per heavy atom. The molecule has 4 aromatic carbocycles. The van der Waals surface area contributed by atoms with Crippen molar-refractivity contribution in [3.05, 3.63) is 108 Å². The van der Waals surface area contributed by atoms with Crippen molar-refractivity contribution in [2.75, 3.05) is 16.4 Å². The number of carbonyl (C=O) groups is 3. The summed E-state index contributed by atoms with van der Waals surface area (Å²) in [4.78, 5) is 41.8. The molecule has 0 aliphatic carbocycles. The molecule has 0 radical (unpaired) electrons. The predicted molar refractivity (Wildman–Crippen MR) is 152 cm³/mol. The molecule has 3 N–H and O–H groups in total. The maximum atomic E-state index is 12.5. The Hall–Kier alpha value is -4.47. The van der Waals surface area contributed by atoms with Crippen LogP contribution in [0.5, 0.6) is 0 Å². The molecule has 0 saturated carbocycles. The van der Waals surface area contributed by atoms with Crippen LogP contribution in [0.3, 0.4) is 0 Å². The van der Waals surface area contributed by atoms with Crippen LogP contribution in [0.4, 0.5) is 10.8 Å². The largest absolute Gasteiger partial charge is 0.478 e. The minimum absolute atomic E-state index is 0.0622. The number of benzene rings is 4. The first-order valence-electron chi connectivity index (χ1n) is 11.6. The summed E-state index contributed by atoms with van der Waals surface area (Å²) in [6.07, 6.45) is 0. The number of carboxylic acid groups (broad SMARTS) is 1. The smallest absolute Gasteiger partial charge is 0.336 e. The van der Waals surface area contributed by atoms with Crippen molar-refractivity contribution in [2.24, 2.45) is 0 Å². The average Bonchev–Trinajstić information content (AvgIpc) is 3.40. The number of rotatable bonds is 8. The number of nitrogens with zero attached hydrogens (tertiary/aromatic N) is 1. The maximum Gasteiger partial charge on any atom is 0.336 e. The van der Waals surface area contributed by atoms with E-state index in [0.717, 1.165) is 26.9 Å². The molecule has 5 aromatic rings. The molecule has 0 unspecified atom stereocenters. The van der Waals surface area contributed by atoms with Gasteiger partial charge < -0.3 is 15.7 Å². The Bertz CT molecular complexity index is 1650. The number of anilines is 2. The molecule has 9 heteroatoms. The second-order valence-electron chi connectivity index (χ2n) is 8.27. The fraction of sp³-hybridized carbons (Fsp3) is 0.0345. The zero-order chi connectivity index (χ0) is 26.5. The van der Waals surface area contributed by atoms with Gasteiger partial charge in [-0.05, 0) is 53.2 Å². The molecule has 0 atom stereocenters. The fourth-order valence-electron chi connectivity index (χ4n) is 3.82. The van der Waals surface area contributed by atoms with Crippen molar-refractivity contribution in [1.82, 2.24) is 4.98 Å². The number of hydrogen-bond acceptors (Lipinski definition) is 6. The molecule has 1 heterocycles. The van der Waals surface area contributed by atoms with Crippen LogP contribution in [-0.4, -0.2) is 33.6 Å². The van der Waals surface area contributed by atoms with E-state index in [4.69, 9.17) is 0 Å². The quantitative estimate of drug-likeness (QED) is 0.191. The molecule has 0 bridgehead atoms. The molecular formula is C29H21N3O4S2. The highest BCUT2D eigenvalue weighted by Crippen LogP contribution is 2.28. The topological polar surface area (TPSA) is 108 Å². The Labute approximate surface area is 226 Å². The third kappa shape index (κ3) is 5.91. The summed E-state index contributed by atoms with van der Waals surface area (Å²) in [6, 6.07) is 27.3. The number of carbonyl (C=O) groups excluding carboxylic acids is 2. The number of aromatic carboxylic acids is 1. The van der Waals surface area contributed by atoms with Gasteiger partial charge in [-0.25, -0.2) is 9.78 Å². The van der Waals surface area contributed by atoms with E-state index in [1.54, 1.807) is 36.4 Å². The van der Waals surface area contributed by atoms with Crippen molar-refractivity contribution in [3.63, 3.8) is 0 Å². The van der Waals surface area contributed by atoms with Gasteiger partial charge in [-0.2, -0.15) is 0 Å². The lowest BCUT2D eigenvalue weighted by Crippen LogP contribution is -2.16. The SMILES string of the molecule is O=C(CSc1ccc(NC(=O)c2ccccc2C(=O)O)cc1)Nc1nc(-c2ccc3ccccc3c2)cs1. The van der Waals surface area contributed by atoms with E-state index in [2.05, 4.69) is 39.9 Å². The van der Waals surface area contributed by atoms with E-state index in [9.17, 15) is 19.5 Å². The number of nitrogens with one attached hydrogen (secondary N) is 2. The first-order chi connectivity index (χ1) is 18.5. The second kappa shape index (κ2) is 11.3. The summed E-state index contributed by atoms with van der Waals surface area (Å²) >= 11 is 2.74. The number of hydrogen-bond donors (Lipinski definition) is 3. The summed E-state index contributed by atoms with van der Waals surface area (Å²) in [5.41, 5.74) is 2.35. The van der Waals surface area contributed by atoms with Gasteiger partial charge in [0.2, 0.25) is 5.91 Å². The molecule has 0 aliphatic heterocycles. The number of thioether (sulfide) groups is 1. The van der Waals surface area contributed by atoms with E-state index >= 15 is 0 Å². The van der Waals surface area contributed by atoms with E-state index in [1.807, 2.05) is 23.6 Å². The summed E-state index contributed by atoms with van der Waals surface area (Å²) in [7, 11) is 0. The van der Waals surface area contributed by atoms with Gasteiger partial charge in [-0.15, -0.1) is 23.1 Å². The standard InChI is InChI=1S/C29H21N3O4S2/c33-26(32-29-31-25(16-38-29)20-10-9-18-5-1-2-6-19(18)15-20)17-37-22-13-11-21(12-14-22)30-27(34)23-7-3-4-8-24(23)28(35)36/h1-16H,17H2,(H,30,34)(H,35,36)(H,31,32,33). The van der Waals surface area contributed by atoms with Crippen molar-refractivity contribution in [1.29, 1.82) is 0 Å². The molecule has 5 rings (SSSR count). The first kappa shape index (κ1) is 25.2. The van der Waals surface area contributed by atoms with Crippen molar-refractivity contribution < 1.29 is 19.5 Å². The lowest BCUT2D eigenvalue weighted by molar-refractivity contribution is -0.113. The molecule has 0 aliphatic rings. The number of aromatic nitrogens is 1. The number of fused-ring (bicyclic) bond motifs is 1. The normalized spacial score (nSPS) is 10.7. The fourth-order valence-corrected chi connectivity index (χ4v) is 5.25. The number of carboxylic acids is 1. The first-order valence-corrected chi connectivity index (χ1v) is 13.4. The Morgan fingerprint density at radius 1 is 0.816 bits per heavy atom. The Morgan fingerprint density at radius 3 is 2.29 bits per heavy atom. The Balaban J connectivity index is 1.15. The zero-order valence-electron chi connectivity index (χ0n) is 19.9. The van der Waals surface area contributed by atoms with Crippen LogP contribution in [0, 0.1) is 0 Å². The number of amides is 2. The average molecular weight is 540 g/mol. The van der Waals surface area contributed by atoms with Gasteiger partial charge >= 0.3 is 5.97 Å². The second-order valence-corrected chi connectivity index (χ2v) is 10.2. The lowest BCUT2D eigenvalue weighted by Gasteiger charge is -2.08. The van der Waals surface area contributed by atoms with Crippen LogP contribution in [0.25, 0.3) is 22.0 Å². The summed E-state index contributed by atoms with van der Waals surface area (Å²) < 4.78 is 0. The third-order valence-corrected chi connectivity index (χ3v) is 7.45. The molecule has 0 fully saturated rings. The van der Waals surface area contributed by atoms with Crippen LogP contribution in [0.1, 0.15) is 20.7 Å². The van der Waals surface area contributed by atoms with Crippen molar-refractivity contribution in [3.8, 4) is 11.3 Å². The van der Waals surface area contributed by atoms with E-state index in [-0.39, 0.29) is 22.8 Å². The van der Waals surface area contributed by atoms with Gasteiger partial charge in [0.15, 0.2) is 5.13 Å². The molecule has 0 spiro atoms. The van der Waals surface area contributed by atoms with Gasteiger partial charge in [0, 0.05) is 21.5 Å². The highest BCUT2D eigenvalue weighted by atomic mass is 32.2. The lowest BCUT2D eigenvalue weighted by atomic mass is 10.1.